The van der Waals surface area contributed by atoms with Crippen molar-refractivity contribution in [3.05, 3.63) is 53.1 Å². The first-order chi connectivity index (χ1) is 17.3. The van der Waals surface area contributed by atoms with Crippen LogP contribution in [-0.2, 0) is 37.7 Å². The van der Waals surface area contributed by atoms with E-state index in [0.29, 0.717) is 28.3 Å². The predicted octanol–water partition coefficient (Wildman–Crippen LogP) is 1.16. The van der Waals surface area contributed by atoms with E-state index in [-0.39, 0.29) is 38.0 Å². The second kappa shape index (κ2) is 8.06. The number of hydrogen-bond acceptors (Lipinski definition) is 7. The Balaban J connectivity index is 1.41. The molecular weight excluding hydrogens is 464 g/mol. The molecule has 0 saturated carbocycles. The van der Waals surface area contributed by atoms with Crippen LogP contribution in [0.2, 0.25) is 0 Å². The molecule has 186 valence electrons. The van der Waals surface area contributed by atoms with Crippen molar-refractivity contribution in [1.29, 1.82) is 0 Å². The summed E-state index contributed by atoms with van der Waals surface area (Å²) in [7, 11) is 0. The minimum absolute atomic E-state index is 0.0318. The zero-order valence-corrected chi connectivity index (χ0v) is 19.7. The molecule has 4 aliphatic heterocycles. The van der Waals surface area contributed by atoms with Gasteiger partial charge in [-0.25, -0.2) is 0 Å². The van der Waals surface area contributed by atoms with Crippen molar-refractivity contribution in [3.8, 4) is 11.5 Å². The number of rotatable bonds is 6. The van der Waals surface area contributed by atoms with E-state index in [2.05, 4.69) is 10.6 Å². The quantitative estimate of drug-likeness (QED) is 0.516. The van der Waals surface area contributed by atoms with E-state index in [1.807, 2.05) is 25.1 Å². The Bertz CT molecular complexity index is 1330. The normalized spacial score (nSPS) is 27.5. The topological polar surface area (TPSA) is 140 Å². The summed E-state index contributed by atoms with van der Waals surface area (Å²) in [6.45, 7) is 2.18. The van der Waals surface area contributed by atoms with E-state index in [4.69, 9.17) is 15.2 Å². The number of anilines is 1. The molecule has 0 aliphatic carbocycles. The van der Waals surface area contributed by atoms with Crippen LogP contribution in [0.1, 0.15) is 36.5 Å². The number of ether oxygens (including phenoxy) is 2. The van der Waals surface area contributed by atoms with Crippen molar-refractivity contribution < 1.29 is 28.7 Å². The van der Waals surface area contributed by atoms with Crippen molar-refractivity contribution in [1.82, 2.24) is 10.2 Å². The maximum atomic E-state index is 13.9. The third kappa shape index (κ3) is 3.13. The number of fused-ring (bicyclic) bond motifs is 5. The summed E-state index contributed by atoms with van der Waals surface area (Å²) in [5.41, 5.74) is 7.00. The Morgan fingerprint density at radius 1 is 1.08 bits per heavy atom. The van der Waals surface area contributed by atoms with Crippen molar-refractivity contribution in [2.45, 2.75) is 44.3 Å². The number of carbonyl (C=O) groups is 4. The van der Waals surface area contributed by atoms with Crippen molar-refractivity contribution in [2.75, 3.05) is 12.1 Å². The molecule has 0 radical (unpaired) electrons. The fraction of sp³-hybridized carbons (Fsp3) is 0.385. The largest absolute Gasteiger partial charge is 0.454 e. The van der Waals surface area contributed by atoms with Crippen LogP contribution < -0.4 is 25.8 Å². The molecule has 36 heavy (non-hydrogen) atoms. The summed E-state index contributed by atoms with van der Waals surface area (Å²) < 4.78 is 10.8. The lowest BCUT2D eigenvalue weighted by Crippen LogP contribution is -2.53. The van der Waals surface area contributed by atoms with Gasteiger partial charge in [0.1, 0.15) is 5.54 Å². The van der Waals surface area contributed by atoms with Crippen LogP contribution in [0.25, 0.3) is 0 Å². The van der Waals surface area contributed by atoms with E-state index < -0.39 is 35.2 Å². The Labute approximate surface area is 207 Å². The molecule has 2 saturated heterocycles. The summed E-state index contributed by atoms with van der Waals surface area (Å²) >= 11 is 0. The average molecular weight is 491 g/mol. The van der Waals surface area contributed by atoms with Crippen LogP contribution in [0, 0.1) is 11.8 Å². The summed E-state index contributed by atoms with van der Waals surface area (Å²) in [5.74, 6) is -2.23. The Hall–Kier alpha value is -3.92. The van der Waals surface area contributed by atoms with Gasteiger partial charge in [0.05, 0.1) is 18.4 Å². The van der Waals surface area contributed by atoms with Gasteiger partial charge in [0.15, 0.2) is 11.5 Å². The highest BCUT2D eigenvalue weighted by molar-refractivity contribution is 6.15. The van der Waals surface area contributed by atoms with Crippen LogP contribution in [0.4, 0.5) is 5.69 Å². The molecule has 10 nitrogen and oxygen atoms in total. The average Bonchev–Trinajstić information content (AvgIpc) is 3.59. The highest BCUT2D eigenvalue weighted by Crippen LogP contribution is 2.54. The number of carbonyl (C=O) groups excluding carboxylic acids is 4. The Morgan fingerprint density at radius 3 is 2.64 bits per heavy atom. The first kappa shape index (κ1) is 22.5. The molecule has 4 atom stereocenters. The summed E-state index contributed by atoms with van der Waals surface area (Å²) in [4.78, 5) is 54.0. The molecule has 4 aliphatic rings. The lowest BCUT2D eigenvalue weighted by molar-refractivity contribution is -0.143. The van der Waals surface area contributed by atoms with Gasteiger partial charge < -0.3 is 20.5 Å². The molecule has 4 heterocycles. The third-order valence-corrected chi connectivity index (χ3v) is 7.76. The zero-order valence-electron chi connectivity index (χ0n) is 19.7. The first-order valence-corrected chi connectivity index (χ1v) is 12.1. The summed E-state index contributed by atoms with van der Waals surface area (Å²) in [5, 5.41) is 6.24. The number of nitrogens with one attached hydrogen (secondary N) is 2. The van der Waals surface area contributed by atoms with Crippen LogP contribution in [0.3, 0.4) is 0 Å². The standard InChI is InChI=1S/C26H26N4O6/c1-2-13-3-5-16-15(9-13)26(25(34)28-16)22-21(17(29-26)6-8-20(27)31)23(32)30(24(22)33)11-14-4-7-18-19(10-14)36-12-35-18/h3-5,7,9-10,17,21-22,29H,2,6,8,11-12H2,1H3,(H2,27,31)(H,28,34)/t17-,21+,22+,26-/m0/s1. The maximum absolute atomic E-state index is 13.9. The van der Waals surface area contributed by atoms with Gasteiger partial charge in [0.2, 0.25) is 30.4 Å². The number of imide groups is 1. The van der Waals surface area contributed by atoms with Gasteiger partial charge in [-0.2, -0.15) is 0 Å². The molecule has 0 bridgehead atoms. The maximum Gasteiger partial charge on any atom is 0.250 e. The van der Waals surface area contributed by atoms with Gasteiger partial charge in [-0.1, -0.05) is 25.1 Å². The van der Waals surface area contributed by atoms with Gasteiger partial charge in [0, 0.05) is 23.7 Å². The summed E-state index contributed by atoms with van der Waals surface area (Å²) in [6, 6.07) is 10.4. The van der Waals surface area contributed by atoms with Gasteiger partial charge >= 0.3 is 0 Å². The highest BCUT2D eigenvalue weighted by Gasteiger charge is 2.70. The molecular formula is C26H26N4O6. The van der Waals surface area contributed by atoms with E-state index in [9.17, 15) is 19.2 Å². The number of nitrogens with two attached hydrogens (primary N) is 1. The van der Waals surface area contributed by atoms with Crippen molar-refractivity contribution in [3.63, 3.8) is 0 Å². The van der Waals surface area contributed by atoms with Crippen LogP contribution in [0.5, 0.6) is 11.5 Å². The monoisotopic (exact) mass is 490 g/mol. The fourth-order valence-electron chi connectivity index (χ4n) is 6.05. The molecule has 10 heteroatoms. The molecule has 1 spiro atoms. The molecule has 2 aromatic rings. The lowest BCUT2D eigenvalue weighted by atomic mass is 9.76. The fourth-order valence-corrected chi connectivity index (χ4v) is 6.05. The molecule has 0 aromatic heterocycles. The number of primary amides is 1. The van der Waals surface area contributed by atoms with Gasteiger partial charge in [-0.15, -0.1) is 0 Å². The van der Waals surface area contributed by atoms with Crippen LogP contribution in [0.15, 0.2) is 36.4 Å². The number of nitrogens with zero attached hydrogens (tertiary/aromatic N) is 1. The van der Waals surface area contributed by atoms with Crippen LogP contribution in [-0.4, -0.2) is 41.4 Å². The van der Waals surface area contributed by atoms with E-state index >= 15 is 0 Å². The van der Waals surface area contributed by atoms with E-state index in [1.54, 1.807) is 18.2 Å². The highest BCUT2D eigenvalue weighted by atomic mass is 16.7. The van der Waals surface area contributed by atoms with Crippen molar-refractivity contribution in [2.24, 2.45) is 17.6 Å². The molecule has 6 rings (SSSR count). The molecule has 2 fully saturated rings. The smallest absolute Gasteiger partial charge is 0.250 e. The molecule has 4 amide bonds. The zero-order chi connectivity index (χ0) is 25.2. The Morgan fingerprint density at radius 2 is 1.86 bits per heavy atom. The summed E-state index contributed by atoms with van der Waals surface area (Å²) in [6.07, 6.45) is 1.02. The number of likely N-dealkylation sites (tertiary alicyclic amines) is 1. The number of aryl methyl sites for hydroxylation is 1. The van der Waals surface area contributed by atoms with Gasteiger partial charge in [0.25, 0.3) is 0 Å². The number of benzene rings is 2. The van der Waals surface area contributed by atoms with Gasteiger partial charge in [-0.3, -0.25) is 29.4 Å². The molecule has 4 N–H and O–H groups in total. The van der Waals surface area contributed by atoms with Gasteiger partial charge in [-0.05, 0) is 42.2 Å². The van der Waals surface area contributed by atoms with Crippen molar-refractivity contribution >= 4 is 29.3 Å². The second-order valence-corrected chi connectivity index (χ2v) is 9.71. The molecule has 0 unspecified atom stereocenters. The Kier molecular flexibility index (Phi) is 5.04. The third-order valence-electron chi connectivity index (χ3n) is 7.76. The van der Waals surface area contributed by atoms with E-state index in [1.165, 1.54) is 4.90 Å². The molecule has 2 aromatic carbocycles. The van der Waals surface area contributed by atoms with E-state index in [0.717, 1.165) is 12.0 Å². The minimum atomic E-state index is -1.40. The number of hydrogen-bond donors (Lipinski definition) is 3. The second-order valence-electron chi connectivity index (χ2n) is 9.71. The first-order valence-electron chi connectivity index (χ1n) is 12.1. The number of amides is 4. The van der Waals surface area contributed by atoms with Crippen LogP contribution >= 0.6 is 0 Å². The minimum Gasteiger partial charge on any atom is -0.454 e. The SMILES string of the molecule is CCc1ccc2c(c1)[C@@]1(N[C@@H](CCC(N)=O)[C@H]3C(=O)N(Cc4ccc5c(c4)OCO5)C(=O)[C@@H]31)C(=O)N2. The predicted molar refractivity (Wildman–Crippen MR) is 127 cm³/mol. The lowest BCUT2D eigenvalue weighted by Gasteiger charge is -2.29.